The molecule has 0 aliphatic rings. The Balaban J connectivity index is 3.17. The van der Waals surface area contributed by atoms with Crippen LogP contribution in [0.4, 0.5) is 5.82 Å². The van der Waals surface area contributed by atoms with Gasteiger partial charge < -0.3 is 10.1 Å². The molecule has 1 rings (SSSR count). The molecule has 0 radical (unpaired) electrons. The summed E-state index contributed by atoms with van der Waals surface area (Å²) in [6.07, 6.45) is 0. The highest BCUT2D eigenvalue weighted by atomic mass is 79.9. The van der Waals surface area contributed by atoms with Crippen LogP contribution < -0.4 is 0 Å². The van der Waals surface area contributed by atoms with Crippen molar-refractivity contribution in [1.82, 2.24) is 4.57 Å². The fraction of sp³-hybridized carbons (Fsp3) is 0.200. The molecule has 0 atom stereocenters. The molecule has 0 bridgehead atoms. The third-order valence-electron chi connectivity index (χ3n) is 1.22. The molecule has 10 heavy (non-hydrogen) atoms. The maximum absolute atomic E-state index is 10.2. The molecule has 54 valence electrons. The van der Waals surface area contributed by atoms with Gasteiger partial charge in [-0.1, -0.05) is 0 Å². The molecule has 0 saturated heterocycles. The van der Waals surface area contributed by atoms with Crippen molar-refractivity contribution >= 4 is 21.7 Å². The van der Waals surface area contributed by atoms with Gasteiger partial charge in [-0.2, -0.15) is 0 Å². The summed E-state index contributed by atoms with van der Waals surface area (Å²) in [7, 11) is 1.63. The van der Waals surface area contributed by atoms with E-state index < -0.39 is 4.92 Å². The van der Waals surface area contributed by atoms with E-state index in [-0.39, 0.29) is 5.82 Å². The lowest BCUT2D eigenvalue weighted by atomic mass is 10.6. The van der Waals surface area contributed by atoms with E-state index in [1.165, 1.54) is 10.6 Å². The van der Waals surface area contributed by atoms with Gasteiger partial charge >= 0.3 is 5.82 Å². The fourth-order valence-corrected chi connectivity index (χ4v) is 0.974. The molecule has 0 aliphatic carbocycles. The third-order valence-corrected chi connectivity index (χ3v) is 2.02. The van der Waals surface area contributed by atoms with Gasteiger partial charge in [0.2, 0.25) is 0 Å². The van der Waals surface area contributed by atoms with Crippen LogP contribution >= 0.6 is 15.9 Å². The van der Waals surface area contributed by atoms with E-state index >= 15 is 0 Å². The Labute approximate surface area is 65.7 Å². The summed E-state index contributed by atoms with van der Waals surface area (Å²) in [4.78, 5) is 9.77. The quantitative estimate of drug-likeness (QED) is 0.517. The van der Waals surface area contributed by atoms with Crippen molar-refractivity contribution in [3.8, 4) is 0 Å². The first-order valence-corrected chi connectivity index (χ1v) is 3.38. The molecule has 1 aromatic heterocycles. The number of aromatic nitrogens is 1. The molecule has 0 unspecified atom stereocenters. The number of rotatable bonds is 1. The molecule has 0 spiro atoms. The van der Waals surface area contributed by atoms with Crippen LogP contribution in [0.5, 0.6) is 0 Å². The summed E-state index contributed by atoms with van der Waals surface area (Å²) in [5.41, 5.74) is 0. The van der Waals surface area contributed by atoms with E-state index in [2.05, 4.69) is 15.9 Å². The van der Waals surface area contributed by atoms with Gasteiger partial charge in [-0.15, -0.1) is 0 Å². The van der Waals surface area contributed by atoms with Crippen molar-refractivity contribution in [3.05, 3.63) is 26.9 Å². The Morgan fingerprint density at radius 2 is 2.30 bits per heavy atom. The van der Waals surface area contributed by atoms with Crippen LogP contribution in [0.1, 0.15) is 0 Å². The van der Waals surface area contributed by atoms with E-state index in [0.29, 0.717) is 4.60 Å². The lowest BCUT2D eigenvalue weighted by molar-refractivity contribution is -0.391. The molecule has 0 N–H and O–H groups in total. The maximum Gasteiger partial charge on any atom is 0.323 e. The topological polar surface area (TPSA) is 48.1 Å². The summed E-state index contributed by atoms with van der Waals surface area (Å²) in [5.74, 6) is 0.0897. The Morgan fingerprint density at radius 1 is 1.70 bits per heavy atom. The number of hydrogen-bond acceptors (Lipinski definition) is 2. The summed E-state index contributed by atoms with van der Waals surface area (Å²) in [6, 6.07) is 3.09. The minimum Gasteiger partial charge on any atom is -0.358 e. The van der Waals surface area contributed by atoms with E-state index in [4.69, 9.17) is 0 Å². The summed E-state index contributed by atoms with van der Waals surface area (Å²) >= 11 is 3.14. The predicted octanol–water partition coefficient (Wildman–Crippen LogP) is 1.70. The second kappa shape index (κ2) is 2.42. The number of hydrogen-bond donors (Lipinski definition) is 0. The lowest BCUT2D eigenvalue weighted by Gasteiger charge is -1.93. The minimum atomic E-state index is -0.426. The third kappa shape index (κ3) is 1.04. The molecular weight excluding hydrogens is 200 g/mol. The van der Waals surface area contributed by atoms with Crippen molar-refractivity contribution in [1.29, 1.82) is 0 Å². The highest BCUT2D eigenvalue weighted by molar-refractivity contribution is 9.10. The average molecular weight is 205 g/mol. The lowest BCUT2D eigenvalue weighted by Crippen LogP contribution is -1.96. The zero-order chi connectivity index (χ0) is 7.72. The first-order valence-electron chi connectivity index (χ1n) is 2.58. The van der Waals surface area contributed by atoms with E-state index in [0.717, 1.165) is 0 Å². The highest BCUT2D eigenvalue weighted by Crippen LogP contribution is 2.18. The van der Waals surface area contributed by atoms with Gasteiger partial charge in [0, 0.05) is 12.1 Å². The highest BCUT2D eigenvalue weighted by Gasteiger charge is 2.10. The van der Waals surface area contributed by atoms with Crippen LogP contribution in [-0.2, 0) is 7.05 Å². The van der Waals surface area contributed by atoms with Crippen molar-refractivity contribution < 1.29 is 4.92 Å². The first-order chi connectivity index (χ1) is 4.63. The first kappa shape index (κ1) is 7.27. The van der Waals surface area contributed by atoms with E-state index in [1.807, 2.05) is 0 Å². The largest absolute Gasteiger partial charge is 0.358 e. The molecule has 0 aromatic carbocycles. The maximum atomic E-state index is 10.2. The zero-order valence-corrected chi connectivity index (χ0v) is 6.83. The molecule has 0 aliphatic heterocycles. The van der Waals surface area contributed by atoms with Crippen LogP contribution in [0.25, 0.3) is 0 Å². The van der Waals surface area contributed by atoms with Crippen LogP contribution in [-0.4, -0.2) is 9.49 Å². The second-order valence-electron chi connectivity index (χ2n) is 1.83. The SMILES string of the molecule is Cn1c(Br)ccc1[N+](=O)[O-]. The molecule has 0 amide bonds. The van der Waals surface area contributed by atoms with Crippen LogP contribution in [0, 0.1) is 10.1 Å². The standard InChI is InChI=1S/C5H5BrN2O2/c1-7-4(6)2-3-5(7)8(9)10/h2-3H,1H3. The Morgan fingerprint density at radius 3 is 2.50 bits per heavy atom. The summed E-state index contributed by atoms with van der Waals surface area (Å²) in [6.45, 7) is 0. The Bertz CT molecular complexity index is 269. The normalized spacial score (nSPS) is 9.80. The molecule has 1 aromatic rings. The smallest absolute Gasteiger partial charge is 0.323 e. The molecule has 5 heteroatoms. The number of nitro groups is 1. The fourth-order valence-electron chi connectivity index (χ4n) is 0.660. The monoisotopic (exact) mass is 204 g/mol. The van der Waals surface area contributed by atoms with Gasteiger partial charge in [-0.3, -0.25) is 0 Å². The number of nitrogens with zero attached hydrogens (tertiary/aromatic N) is 2. The van der Waals surface area contributed by atoms with E-state index in [1.54, 1.807) is 13.1 Å². The van der Waals surface area contributed by atoms with Gasteiger partial charge in [-0.25, -0.2) is 4.57 Å². The summed E-state index contributed by atoms with van der Waals surface area (Å²) in [5, 5.41) is 10.2. The van der Waals surface area contributed by atoms with Crippen LogP contribution in [0.2, 0.25) is 0 Å². The summed E-state index contributed by atoms with van der Waals surface area (Å²) < 4.78 is 2.17. The van der Waals surface area contributed by atoms with Gasteiger partial charge in [0.05, 0.1) is 7.05 Å². The molecule has 1 heterocycles. The molecule has 4 nitrogen and oxygen atoms in total. The van der Waals surface area contributed by atoms with Gasteiger partial charge in [0.25, 0.3) is 0 Å². The van der Waals surface area contributed by atoms with Gasteiger partial charge in [0.15, 0.2) is 4.60 Å². The van der Waals surface area contributed by atoms with Crippen molar-refractivity contribution in [2.75, 3.05) is 0 Å². The number of halogens is 1. The average Bonchev–Trinajstić information content (AvgIpc) is 2.14. The Kier molecular flexibility index (Phi) is 1.76. The zero-order valence-electron chi connectivity index (χ0n) is 5.24. The van der Waals surface area contributed by atoms with Gasteiger partial charge in [-0.05, 0) is 20.9 Å². The molecule has 0 fully saturated rings. The van der Waals surface area contributed by atoms with Crippen LogP contribution in [0.15, 0.2) is 16.7 Å². The van der Waals surface area contributed by atoms with Gasteiger partial charge in [0.1, 0.15) is 0 Å². The van der Waals surface area contributed by atoms with Crippen molar-refractivity contribution in [2.24, 2.45) is 7.05 Å². The Hall–Kier alpha value is -0.840. The van der Waals surface area contributed by atoms with Crippen molar-refractivity contribution in [3.63, 3.8) is 0 Å². The molecule has 0 saturated carbocycles. The second-order valence-corrected chi connectivity index (χ2v) is 2.64. The van der Waals surface area contributed by atoms with Crippen molar-refractivity contribution in [2.45, 2.75) is 0 Å². The molecular formula is C5H5BrN2O2. The minimum absolute atomic E-state index is 0.0897. The van der Waals surface area contributed by atoms with E-state index in [9.17, 15) is 10.1 Å². The predicted molar refractivity (Wildman–Crippen MR) is 39.8 cm³/mol. The van der Waals surface area contributed by atoms with Crippen LogP contribution in [0.3, 0.4) is 0 Å².